The highest BCUT2D eigenvalue weighted by Crippen LogP contribution is 2.23. The van der Waals surface area contributed by atoms with E-state index in [-0.39, 0.29) is 5.75 Å². The van der Waals surface area contributed by atoms with Crippen molar-refractivity contribution in [2.75, 3.05) is 29.6 Å². The summed E-state index contributed by atoms with van der Waals surface area (Å²) in [4.78, 5) is 0. The molecule has 0 amide bonds. The van der Waals surface area contributed by atoms with Crippen LogP contribution in [-0.2, 0) is 9.84 Å². The van der Waals surface area contributed by atoms with Gasteiger partial charge in [0.25, 0.3) is 0 Å². The van der Waals surface area contributed by atoms with E-state index >= 15 is 0 Å². The quantitative estimate of drug-likeness (QED) is 0.627. The molecule has 1 aromatic rings. The normalized spacial score (nSPS) is 11.4. The van der Waals surface area contributed by atoms with E-state index in [1.807, 2.05) is 0 Å². The SMILES string of the molecule is CS(=O)(=O)CCCNc1ccc(N)cc1Cl. The minimum Gasteiger partial charge on any atom is -0.399 e. The molecule has 16 heavy (non-hydrogen) atoms. The first-order valence-electron chi connectivity index (χ1n) is 4.85. The number of nitrogens with one attached hydrogen (secondary N) is 1. The second-order valence-electron chi connectivity index (χ2n) is 3.65. The number of sulfone groups is 1. The molecule has 0 spiro atoms. The van der Waals surface area contributed by atoms with E-state index < -0.39 is 9.84 Å². The van der Waals surface area contributed by atoms with Gasteiger partial charge in [-0.15, -0.1) is 0 Å². The van der Waals surface area contributed by atoms with Crippen LogP contribution in [0.25, 0.3) is 0 Å². The Kier molecular flexibility index (Phi) is 4.44. The van der Waals surface area contributed by atoms with Crippen molar-refractivity contribution in [1.82, 2.24) is 0 Å². The van der Waals surface area contributed by atoms with Gasteiger partial charge in [-0.2, -0.15) is 0 Å². The summed E-state index contributed by atoms with van der Waals surface area (Å²) in [5.74, 6) is 0.173. The third kappa shape index (κ3) is 4.72. The maximum atomic E-state index is 10.9. The Morgan fingerprint density at radius 2 is 2.12 bits per heavy atom. The Morgan fingerprint density at radius 1 is 1.44 bits per heavy atom. The van der Waals surface area contributed by atoms with Gasteiger partial charge in [0.2, 0.25) is 0 Å². The topological polar surface area (TPSA) is 72.2 Å². The maximum Gasteiger partial charge on any atom is 0.147 e. The van der Waals surface area contributed by atoms with Crippen LogP contribution in [0.5, 0.6) is 0 Å². The lowest BCUT2D eigenvalue weighted by molar-refractivity contribution is 0.600. The number of nitrogens with two attached hydrogens (primary N) is 1. The van der Waals surface area contributed by atoms with Crippen molar-refractivity contribution in [1.29, 1.82) is 0 Å². The zero-order chi connectivity index (χ0) is 12.2. The lowest BCUT2D eigenvalue weighted by atomic mass is 10.3. The van der Waals surface area contributed by atoms with Crippen LogP contribution in [0.2, 0.25) is 5.02 Å². The Labute approximate surface area is 101 Å². The van der Waals surface area contributed by atoms with Gasteiger partial charge in [0.05, 0.1) is 16.5 Å². The van der Waals surface area contributed by atoms with E-state index in [1.165, 1.54) is 6.26 Å². The first-order chi connectivity index (χ1) is 7.38. The van der Waals surface area contributed by atoms with Crippen molar-refractivity contribution in [2.24, 2.45) is 0 Å². The zero-order valence-corrected chi connectivity index (χ0v) is 10.6. The van der Waals surface area contributed by atoms with Gasteiger partial charge < -0.3 is 11.1 Å². The smallest absolute Gasteiger partial charge is 0.147 e. The Morgan fingerprint density at radius 3 is 2.69 bits per heavy atom. The highest BCUT2D eigenvalue weighted by molar-refractivity contribution is 7.90. The molecule has 0 atom stereocenters. The van der Waals surface area contributed by atoms with Crippen LogP contribution in [0.3, 0.4) is 0 Å². The number of benzene rings is 1. The molecule has 0 aromatic heterocycles. The number of nitrogen functional groups attached to an aromatic ring is 1. The Bertz CT molecular complexity index is 460. The average molecular weight is 263 g/mol. The number of rotatable bonds is 5. The summed E-state index contributed by atoms with van der Waals surface area (Å²) in [5, 5.41) is 3.60. The van der Waals surface area contributed by atoms with Crippen molar-refractivity contribution in [2.45, 2.75) is 6.42 Å². The molecule has 1 aromatic carbocycles. The molecule has 0 aliphatic heterocycles. The molecule has 0 radical (unpaired) electrons. The fourth-order valence-corrected chi connectivity index (χ4v) is 2.16. The second kappa shape index (κ2) is 5.41. The monoisotopic (exact) mass is 262 g/mol. The van der Waals surface area contributed by atoms with E-state index in [1.54, 1.807) is 18.2 Å². The van der Waals surface area contributed by atoms with E-state index in [9.17, 15) is 8.42 Å². The van der Waals surface area contributed by atoms with Crippen molar-refractivity contribution in [3.63, 3.8) is 0 Å². The molecule has 0 saturated heterocycles. The predicted molar refractivity (Wildman–Crippen MR) is 68.7 cm³/mol. The van der Waals surface area contributed by atoms with Crippen LogP contribution in [0.1, 0.15) is 6.42 Å². The molecule has 90 valence electrons. The molecule has 0 fully saturated rings. The number of hydrogen-bond donors (Lipinski definition) is 2. The van der Waals surface area contributed by atoms with Crippen LogP contribution in [0.4, 0.5) is 11.4 Å². The summed E-state index contributed by atoms with van der Waals surface area (Å²) in [7, 11) is -2.89. The van der Waals surface area contributed by atoms with Crippen LogP contribution in [0, 0.1) is 0 Å². The van der Waals surface area contributed by atoms with Crippen LogP contribution in [-0.4, -0.2) is 27.0 Å². The first kappa shape index (κ1) is 13.1. The fraction of sp³-hybridized carbons (Fsp3) is 0.400. The summed E-state index contributed by atoms with van der Waals surface area (Å²) in [6.45, 7) is 0.566. The summed E-state index contributed by atoms with van der Waals surface area (Å²) in [5.41, 5.74) is 6.92. The van der Waals surface area contributed by atoms with Gasteiger partial charge in [0.15, 0.2) is 0 Å². The van der Waals surface area contributed by atoms with Crippen LogP contribution < -0.4 is 11.1 Å². The lowest BCUT2D eigenvalue weighted by Crippen LogP contribution is -2.09. The van der Waals surface area contributed by atoms with E-state index in [0.29, 0.717) is 23.7 Å². The summed E-state index contributed by atoms with van der Waals surface area (Å²) in [6.07, 6.45) is 1.78. The number of halogens is 1. The minimum absolute atomic E-state index is 0.173. The second-order valence-corrected chi connectivity index (χ2v) is 6.32. The molecule has 0 aliphatic rings. The molecule has 3 N–H and O–H groups in total. The zero-order valence-electron chi connectivity index (χ0n) is 9.03. The molecule has 0 saturated carbocycles. The summed E-state index contributed by atoms with van der Waals surface area (Å²) >= 11 is 5.94. The average Bonchev–Trinajstić information content (AvgIpc) is 2.13. The Hall–Kier alpha value is -0.940. The van der Waals surface area contributed by atoms with Crippen LogP contribution >= 0.6 is 11.6 Å². The van der Waals surface area contributed by atoms with Gasteiger partial charge in [-0.1, -0.05) is 11.6 Å². The maximum absolute atomic E-state index is 10.9. The molecular weight excluding hydrogens is 248 g/mol. The highest BCUT2D eigenvalue weighted by Gasteiger charge is 2.03. The van der Waals surface area contributed by atoms with Crippen LogP contribution in [0.15, 0.2) is 18.2 Å². The van der Waals surface area contributed by atoms with E-state index in [2.05, 4.69) is 5.32 Å². The van der Waals surface area contributed by atoms with Gasteiger partial charge in [-0.3, -0.25) is 0 Å². The highest BCUT2D eigenvalue weighted by atomic mass is 35.5. The van der Waals surface area contributed by atoms with Gasteiger partial charge in [0, 0.05) is 18.5 Å². The standard InChI is InChI=1S/C10H15ClN2O2S/c1-16(14,15)6-2-5-13-10-4-3-8(12)7-9(10)11/h3-4,7,13H,2,5-6,12H2,1H3. The van der Waals surface area contributed by atoms with Gasteiger partial charge >= 0.3 is 0 Å². The van der Waals surface area contributed by atoms with Crippen molar-refractivity contribution >= 4 is 32.8 Å². The first-order valence-corrected chi connectivity index (χ1v) is 7.29. The van der Waals surface area contributed by atoms with Crippen molar-refractivity contribution < 1.29 is 8.42 Å². The molecule has 0 heterocycles. The van der Waals surface area contributed by atoms with Gasteiger partial charge in [-0.05, 0) is 24.6 Å². The number of anilines is 2. The Balaban J connectivity index is 2.43. The largest absolute Gasteiger partial charge is 0.399 e. The molecule has 6 heteroatoms. The number of hydrogen-bond acceptors (Lipinski definition) is 4. The lowest BCUT2D eigenvalue weighted by Gasteiger charge is -2.08. The molecular formula is C10H15ClN2O2S. The van der Waals surface area contributed by atoms with Crippen molar-refractivity contribution in [3.05, 3.63) is 23.2 Å². The third-order valence-electron chi connectivity index (χ3n) is 2.00. The van der Waals surface area contributed by atoms with Gasteiger partial charge in [-0.25, -0.2) is 8.42 Å². The van der Waals surface area contributed by atoms with E-state index in [4.69, 9.17) is 17.3 Å². The minimum atomic E-state index is -2.89. The predicted octanol–water partition coefficient (Wildman–Crippen LogP) is 1.77. The molecule has 0 bridgehead atoms. The molecule has 1 rings (SSSR count). The third-order valence-corrected chi connectivity index (χ3v) is 3.34. The molecule has 0 aliphatic carbocycles. The molecule has 0 unspecified atom stereocenters. The van der Waals surface area contributed by atoms with Gasteiger partial charge in [0.1, 0.15) is 9.84 Å². The summed E-state index contributed by atoms with van der Waals surface area (Å²) in [6, 6.07) is 5.17. The summed E-state index contributed by atoms with van der Waals surface area (Å²) < 4.78 is 21.8. The van der Waals surface area contributed by atoms with Crippen molar-refractivity contribution in [3.8, 4) is 0 Å². The van der Waals surface area contributed by atoms with E-state index in [0.717, 1.165) is 5.69 Å². The molecule has 4 nitrogen and oxygen atoms in total. The fourth-order valence-electron chi connectivity index (χ4n) is 1.23.